The normalized spacial score (nSPS) is 17.1. The zero-order chi connectivity index (χ0) is 28.2. The molecule has 6 rings (SSSR count). The zero-order valence-electron chi connectivity index (χ0n) is 23.1. The van der Waals surface area contributed by atoms with Crippen LogP contribution in [0.5, 0.6) is 11.5 Å². The number of hydrogen-bond acceptors (Lipinski definition) is 4. The molecule has 1 aliphatic heterocycles. The number of halogens is 1. The molecule has 1 heterocycles. The molecular weight excluding hydrogens is 510 g/mol. The highest BCUT2D eigenvalue weighted by Gasteiger charge is 2.41. The second-order valence-corrected chi connectivity index (χ2v) is 11.1. The van der Waals surface area contributed by atoms with Crippen LogP contribution >= 0.6 is 7.37 Å². The molecule has 202 valence electrons. The molecule has 39 heavy (non-hydrogen) atoms. The van der Waals surface area contributed by atoms with Crippen LogP contribution in [0.15, 0.2) is 91.2 Å². The van der Waals surface area contributed by atoms with Crippen LogP contribution < -0.4 is 20.1 Å². The second kappa shape index (κ2) is 11.9. The van der Waals surface area contributed by atoms with Gasteiger partial charge in [0.2, 0.25) is 0 Å². The summed E-state index contributed by atoms with van der Waals surface area (Å²) in [6.45, 7) is 9.25. The van der Waals surface area contributed by atoms with E-state index in [1.54, 1.807) is 32.4 Å². The van der Waals surface area contributed by atoms with Gasteiger partial charge >= 0.3 is 7.37 Å². The van der Waals surface area contributed by atoms with Gasteiger partial charge in [0.25, 0.3) is 0 Å². The average Bonchev–Trinajstić information content (AvgIpc) is 2.97. The van der Waals surface area contributed by atoms with Gasteiger partial charge in [0.15, 0.2) is 0 Å². The van der Waals surface area contributed by atoms with E-state index in [4.69, 9.17) is 14.0 Å². The number of ether oxygens (including phenoxy) is 2. The van der Waals surface area contributed by atoms with Crippen LogP contribution in [0.25, 0.3) is 27.1 Å². The van der Waals surface area contributed by atoms with Crippen LogP contribution in [0, 0.1) is 5.82 Å². The number of methoxy groups -OCH3 is 2. The molecule has 0 bridgehead atoms. The molecule has 4 nitrogen and oxygen atoms in total. The largest absolute Gasteiger partial charge is 0.496 e. The summed E-state index contributed by atoms with van der Waals surface area (Å²) < 4.78 is 46.8. The highest BCUT2D eigenvalue weighted by atomic mass is 31.2. The third kappa shape index (κ3) is 4.99. The molecule has 0 fully saturated rings. The Kier molecular flexibility index (Phi) is 8.62. The lowest BCUT2D eigenvalue weighted by Gasteiger charge is -2.32. The van der Waals surface area contributed by atoms with Crippen molar-refractivity contribution in [2.45, 2.75) is 33.6 Å². The molecule has 0 saturated heterocycles. The fourth-order valence-electron chi connectivity index (χ4n) is 5.01. The van der Waals surface area contributed by atoms with E-state index in [9.17, 15) is 8.96 Å². The highest BCUT2D eigenvalue weighted by Crippen LogP contribution is 2.57. The molecular formula is C33H34FO4P. The van der Waals surface area contributed by atoms with E-state index in [2.05, 4.69) is 6.58 Å². The Morgan fingerprint density at radius 1 is 0.949 bits per heavy atom. The predicted molar refractivity (Wildman–Crippen MR) is 161 cm³/mol. The number of fused-ring (bicyclic) bond motifs is 4. The topological polar surface area (TPSA) is 44.8 Å². The van der Waals surface area contributed by atoms with Crippen molar-refractivity contribution in [1.82, 2.24) is 0 Å². The first-order chi connectivity index (χ1) is 18.9. The van der Waals surface area contributed by atoms with E-state index in [1.807, 2.05) is 69.3 Å². The molecule has 0 spiro atoms. The minimum atomic E-state index is -3.60. The fourth-order valence-corrected chi connectivity index (χ4v) is 7.49. The van der Waals surface area contributed by atoms with E-state index in [0.717, 1.165) is 34.8 Å². The van der Waals surface area contributed by atoms with Gasteiger partial charge < -0.3 is 14.0 Å². The Labute approximate surface area is 229 Å². The van der Waals surface area contributed by atoms with Crippen molar-refractivity contribution < 1.29 is 23.0 Å². The highest BCUT2D eigenvalue weighted by molar-refractivity contribution is 7.75. The summed E-state index contributed by atoms with van der Waals surface area (Å²) in [6.07, 6.45) is 7.44. The summed E-state index contributed by atoms with van der Waals surface area (Å²) in [4.78, 5) is 0. The Bertz CT molecular complexity index is 1650. The molecule has 0 aromatic heterocycles. The van der Waals surface area contributed by atoms with Crippen molar-refractivity contribution in [3.8, 4) is 11.5 Å². The van der Waals surface area contributed by atoms with E-state index < -0.39 is 7.37 Å². The Balaban J connectivity index is 0.000000662. The molecule has 0 N–H and O–H groups in total. The number of benzene rings is 4. The molecule has 1 atom stereocenters. The standard InChI is InChI=1S/C28H22FO4P.C3H6.C2H6/c1-31-25-16-27(28(32-2)23-15-18-13-19(29)12-11-17(18)14-22(23)25)34(30)26-10-6-4-8-21(26)20-7-3-5-9-24(20)33-34;1-3-2;1-2/h4-6,8-16H,3,7H2,1-2H3;3H,1H2,2H3;1-2H3. The lowest BCUT2D eigenvalue weighted by Crippen LogP contribution is -2.26. The van der Waals surface area contributed by atoms with Crippen LogP contribution in [-0.4, -0.2) is 14.2 Å². The SMILES string of the molecule is C=CC.CC.COc1cc(P2(=O)OC3=C(CCC=C3)c3ccccc32)c(OC)c2cc3cc(F)ccc3cc12. The van der Waals surface area contributed by atoms with Crippen molar-refractivity contribution in [2.75, 3.05) is 14.2 Å². The lowest BCUT2D eigenvalue weighted by molar-refractivity contribution is 0.407. The van der Waals surface area contributed by atoms with E-state index in [0.29, 0.717) is 38.6 Å². The first-order valence-corrected chi connectivity index (χ1v) is 14.7. The summed E-state index contributed by atoms with van der Waals surface area (Å²) in [5, 5.41) is 4.13. The summed E-state index contributed by atoms with van der Waals surface area (Å²) in [7, 11) is -0.473. The first kappa shape index (κ1) is 28.2. The average molecular weight is 545 g/mol. The van der Waals surface area contributed by atoms with Gasteiger partial charge in [0.1, 0.15) is 23.1 Å². The van der Waals surface area contributed by atoms with E-state index in [-0.39, 0.29) is 5.82 Å². The van der Waals surface area contributed by atoms with Crippen molar-refractivity contribution >= 4 is 45.1 Å². The summed E-state index contributed by atoms with van der Waals surface area (Å²) in [6, 6.07) is 17.9. The summed E-state index contributed by atoms with van der Waals surface area (Å²) >= 11 is 0. The van der Waals surface area contributed by atoms with Crippen molar-refractivity contribution in [3.63, 3.8) is 0 Å². The van der Waals surface area contributed by atoms with Crippen molar-refractivity contribution in [2.24, 2.45) is 0 Å². The number of allylic oxidation sites excluding steroid dienone is 4. The fraction of sp³-hybridized carbons (Fsp3) is 0.212. The summed E-state index contributed by atoms with van der Waals surface area (Å²) in [5.41, 5.74) is 2.01. The molecule has 4 aromatic carbocycles. The molecule has 1 aliphatic carbocycles. The predicted octanol–water partition coefficient (Wildman–Crippen LogP) is 8.69. The second-order valence-electron chi connectivity index (χ2n) is 8.87. The van der Waals surface area contributed by atoms with E-state index >= 15 is 0 Å². The molecule has 0 saturated carbocycles. The maximum absolute atomic E-state index is 14.8. The van der Waals surface area contributed by atoms with Crippen LogP contribution in [0.4, 0.5) is 4.39 Å². The molecule has 0 amide bonds. The van der Waals surface area contributed by atoms with Gasteiger partial charge in [-0.3, -0.25) is 4.57 Å². The molecule has 2 aliphatic rings. The van der Waals surface area contributed by atoms with Crippen molar-refractivity contribution in [3.05, 3.63) is 103 Å². The smallest absolute Gasteiger partial charge is 0.311 e. The van der Waals surface area contributed by atoms with Gasteiger partial charge in [-0.05, 0) is 78.6 Å². The summed E-state index contributed by atoms with van der Waals surface area (Å²) in [5.74, 6) is 1.29. The number of hydrogen-bond donors (Lipinski definition) is 0. The van der Waals surface area contributed by atoms with Gasteiger partial charge in [-0.25, -0.2) is 4.39 Å². The maximum Gasteiger partial charge on any atom is 0.311 e. The minimum absolute atomic E-state index is 0.324. The monoisotopic (exact) mass is 544 g/mol. The van der Waals surface area contributed by atoms with Crippen LogP contribution in [0.3, 0.4) is 0 Å². The van der Waals surface area contributed by atoms with Crippen LogP contribution in [0.2, 0.25) is 0 Å². The van der Waals surface area contributed by atoms with Gasteiger partial charge in [-0.2, -0.15) is 0 Å². The Morgan fingerprint density at radius 2 is 1.67 bits per heavy atom. The van der Waals surface area contributed by atoms with E-state index in [1.165, 1.54) is 12.1 Å². The lowest BCUT2D eigenvalue weighted by atomic mass is 9.96. The van der Waals surface area contributed by atoms with Gasteiger partial charge in [0, 0.05) is 16.3 Å². The molecule has 4 aromatic rings. The zero-order valence-corrected chi connectivity index (χ0v) is 24.0. The maximum atomic E-state index is 14.8. The molecule has 1 unspecified atom stereocenters. The third-order valence-electron chi connectivity index (χ3n) is 6.59. The first-order valence-electron chi connectivity index (χ1n) is 13.1. The van der Waals surface area contributed by atoms with Crippen LogP contribution in [-0.2, 0) is 9.09 Å². The molecule has 0 radical (unpaired) electrons. The minimum Gasteiger partial charge on any atom is -0.496 e. The molecule has 6 heteroatoms. The Morgan fingerprint density at radius 3 is 2.38 bits per heavy atom. The van der Waals surface area contributed by atoms with Gasteiger partial charge in [0.05, 0.1) is 24.8 Å². The Hall–Kier alpha value is -3.82. The number of rotatable bonds is 3. The van der Waals surface area contributed by atoms with Gasteiger partial charge in [-0.1, -0.05) is 50.3 Å². The third-order valence-corrected chi connectivity index (χ3v) is 9.04. The quantitative estimate of drug-likeness (QED) is 0.147. The van der Waals surface area contributed by atoms with Crippen molar-refractivity contribution in [1.29, 1.82) is 0 Å². The van der Waals surface area contributed by atoms with Crippen LogP contribution in [0.1, 0.15) is 39.2 Å². The van der Waals surface area contributed by atoms with Gasteiger partial charge in [-0.15, -0.1) is 6.58 Å².